The highest BCUT2D eigenvalue weighted by atomic mass is 127. The van der Waals surface area contributed by atoms with Crippen LogP contribution in [0.15, 0.2) is 18.2 Å². The van der Waals surface area contributed by atoms with Crippen LogP contribution in [-0.4, -0.2) is 5.11 Å². The molecule has 1 N–H and O–H groups in total. The van der Waals surface area contributed by atoms with E-state index in [0.29, 0.717) is 5.75 Å². The minimum Gasteiger partial charge on any atom is -0.508 e. The number of aromatic hydroxyl groups is 1. The molecule has 54 valence electrons. The van der Waals surface area contributed by atoms with Crippen LogP contribution in [0.5, 0.6) is 5.75 Å². The zero-order chi connectivity index (χ0) is 7.56. The molecule has 0 fully saturated rings. The summed E-state index contributed by atoms with van der Waals surface area (Å²) in [5.74, 6) is 0.405. The maximum atomic E-state index is 9.23. The summed E-state index contributed by atoms with van der Waals surface area (Å²) >= 11 is 2.23. The normalized spacial score (nSPS) is 9.80. The fourth-order valence-corrected chi connectivity index (χ4v) is 1.39. The second-order valence-electron chi connectivity index (χ2n) is 2.13. The van der Waals surface area contributed by atoms with Gasteiger partial charge in [-0.25, -0.2) is 0 Å². The molecule has 0 amide bonds. The number of rotatable bonds is 1. The quantitative estimate of drug-likeness (QED) is 0.757. The number of phenols is 1. The molecule has 0 saturated carbocycles. The van der Waals surface area contributed by atoms with E-state index in [0.717, 1.165) is 12.0 Å². The second kappa shape index (κ2) is 3.23. The molecule has 0 radical (unpaired) electrons. The van der Waals surface area contributed by atoms with Gasteiger partial charge in [0.15, 0.2) is 0 Å². The monoisotopic (exact) mass is 248 g/mol. The highest BCUT2D eigenvalue weighted by Gasteiger charge is 1.96. The Kier molecular flexibility index (Phi) is 2.54. The number of hydrogen-bond acceptors (Lipinski definition) is 1. The van der Waals surface area contributed by atoms with E-state index >= 15 is 0 Å². The van der Waals surface area contributed by atoms with Crippen LogP contribution in [0.2, 0.25) is 0 Å². The minimum atomic E-state index is 0.405. The largest absolute Gasteiger partial charge is 0.508 e. The number of hydrogen-bond donors (Lipinski definition) is 1. The molecule has 0 atom stereocenters. The summed E-state index contributed by atoms with van der Waals surface area (Å²) in [6, 6.07) is 5.63. The fourth-order valence-electron chi connectivity index (χ4n) is 0.837. The molecule has 0 aliphatic rings. The molecule has 0 heterocycles. The zero-order valence-electron chi connectivity index (χ0n) is 5.76. The molecule has 0 aliphatic heterocycles. The molecule has 2 heteroatoms. The Balaban J connectivity index is 3.09. The Morgan fingerprint density at radius 2 is 2.20 bits per heavy atom. The zero-order valence-corrected chi connectivity index (χ0v) is 7.92. The lowest BCUT2D eigenvalue weighted by Crippen LogP contribution is -1.81. The fraction of sp³-hybridized carbons (Fsp3) is 0.250. The number of halogens is 1. The molecular formula is C8H9IO. The van der Waals surface area contributed by atoms with Gasteiger partial charge >= 0.3 is 0 Å². The van der Waals surface area contributed by atoms with Crippen LogP contribution in [0.25, 0.3) is 0 Å². The SMILES string of the molecule is CCc1cc(I)ccc1O. The van der Waals surface area contributed by atoms with Gasteiger partial charge in [0.05, 0.1) is 0 Å². The van der Waals surface area contributed by atoms with Gasteiger partial charge in [-0.2, -0.15) is 0 Å². The minimum absolute atomic E-state index is 0.405. The number of aryl methyl sites for hydroxylation is 1. The smallest absolute Gasteiger partial charge is 0.118 e. The van der Waals surface area contributed by atoms with E-state index in [1.807, 2.05) is 19.1 Å². The third-order valence-electron chi connectivity index (χ3n) is 1.42. The van der Waals surface area contributed by atoms with Crippen molar-refractivity contribution < 1.29 is 5.11 Å². The lowest BCUT2D eigenvalue weighted by molar-refractivity contribution is 0.468. The average molecular weight is 248 g/mol. The topological polar surface area (TPSA) is 20.2 Å². The van der Waals surface area contributed by atoms with Crippen LogP contribution < -0.4 is 0 Å². The predicted molar refractivity (Wildman–Crippen MR) is 50.2 cm³/mol. The lowest BCUT2D eigenvalue weighted by Gasteiger charge is -1.99. The van der Waals surface area contributed by atoms with Gasteiger partial charge in [0.25, 0.3) is 0 Å². The Labute approximate surface area is 74.2 Å². The number of phenolic OH excluding ortho intramolecular Hbond substituents is 1. The molecule has 1 rings (SSSR count). The third-order valence-corrected chi connectivity index (χ3v) is 2.09. The van der Waals surface area contributed by atoms with Gasteiger partial charge in [-0.3, -0.25) is 0 Å². The van der Waals surface area contributed by atoms with Gasteiger partial charge in [-0.05, 0) is 52.8 Å². The predicted octanol–water partition coefficient (Wildman–Crippen LogP) is 2.56. The van der Waals surface area contributed by atoms with Gasteiger partial charge < -0.3 is 5.11 Å². The lowest BCUT2D eigenvalue weighted by atomic mass is 10.1. The van der Waals surface area contributed by atoms with Crippen LogP contribution in [0.3, 0.4) is 0 Å². The number of benzene rings is 1. The van der Waals surface area contributed by atoms with Crippen molar-refractivity contribution in [2.24, 2.45) is 0 Å². The summed E-state index contributed by atoms with van der Waals surface area (Å²) in [6.45, 7) is 2.03. The van der Waals surface area contributed by atoms with Crippen molar-refractivity contribution in [3.8, 4) is 5.75 Å². The Morgan fingerprint density at radius 1 is 1.50 bits per heavy atom. The molecule has 1 aromatic rings. The first-order valence-corrected chi connectivity index (χ1v) is 4.29. The molecule has 0 spiro atoms. The summed E-state index contributed by atoms with van der Waals surface area (Å²) in [4.78, 5) is 0. The Bertz CT molecular complexity index is 233. The molecule has 0 unspecified atom stereocenters. The summed E-state index contributed by atoms with van der Waals surface area (Å²) in [7, 11) is 0. The van der Waals surface area contributed by atoms with E-state index in [2.05, 4.69) is 22.6 Å². The van der Waals surface area contributed by atoms with Gasteiger partial charge in [-0.1, -0.05) is 6.92 Å². The van der Waals surface area contributed by atoms with Crippen molar-refractivity contribution in [3.63, 3.8) is 0 Å². The maximum Gasteiger partial charge on any atom is 0.118 e. The van der Waals surface area contributed by atoms with E-state index in [4.69, 9.17) is 0 Å². The molecule has 1 aromatic carbocycles. The first-order chi connectivity index (χ1) is 4.74. The highest BCUT2D eigenvalue weighted by Crippen LogP contribution is 2.19. The molecular weight excluding hydrogens is 239 g/mol. The van der Waals surface area contributed by atoms with Crippen LogP contribution >= 0.6 is 22.6 Å². The van der Waals surface area contributed by atoms with E-state index in [9.17, 15) is 5.11 Å². The van der Waals surface area contributed by atoms with Crippen LogP contribution in [-0.2, 0) is 6.42 Å². The Hall–Kier alpha value is -0.250. The van der Waals surface area contributed by atoms with Crippen LogP contribution in [0.4, 0.5) is 0 Å². The third kappa shape index (κ3) is 1.62. The highest BCUT2D eigenvalue weighted by molar-refractivity contribution is 14.1. The molecule has 0 aliphatic carbocycles. The maximum absolute atomic E-state index is 9.23. The van der Waals surface area contributed by atoms with Gasteiger partial charge in [0.1, 0.15) is 5.75 Å². The van der Waals surface area contributed by atoms with E-state index in [1.165, 1.54) is 3.57 Å². The first kappa shape index (κ1) is 7.85. The van der Waals surface area contributed by atoms with Crippen molar-refractivity contribution in [2.75, 3.05) is 0 Å². The molecule has 0 saturated heterocycles. The summed E-state index contributed by atoms with van der Waals surface area (Å²) in [6.07, 6.45) is 0.892. The Morgan fingerprint density at radius 3 is 2.70 bits per heavy atom. The van der Waals surface area contributed by atoms with Crippen molar-refractivity contribution in [3.05, 3.63) is 27.3 Å². The van der Waals surface area contributed by atoms with Crippen LogP contribution in [0.1, 0.15) is 12.5 Å². The van der Waals surface area contributed by atoms with Gasteiger partial charge in [0.2, 0.25) is 0 Å². The van der Waals surface area contributed by atoms with E-state index < -0.39 is 0 Å². The van der Waals surface area contributed by atoms with Crippen molar-refractivity contribution >= 4 is 22.6 Å². The van der Waals surface area contributed by atoms with Gasteiger partial charge in [0, 0.05) is 3.57 Å². The van der Waals surface area contributed by atoms with Crippen molar-refractivity contribution in [2.45, 2.75) is 13.3 Å². The molecule has 0 aromatic heterocycles. The van der Waals surface area contributed by atoms with Crippen molar-refractivity contribution in [1.82, 2.24) is 0 Å². The standard InChI is InChI=1S/C8H9IO/c1-2-6-5-7(9)3-4-8(6)10/h3-5,10H,2H2,1H3. The summed E-state index contributed by atoms with van der Waals surface area (Å²) in [5, 5.41) is 9.23. The summed E-state index contributed by atoms with van der Waals surface area (Å²) < 4.78 is 1.17. The van der Waals surface area contributed by atoms with E-state index in [-0.39, 0.29) is 0 Å². The molecule has 0 bridgehead atoms. The van der Waals surface area contributed by atoms with Crippen LogP contribution in [0, 0.1) is 3.57 Å². The molecule has 1 nitrogen and oxygen atoms in total. The second-order valence-corrected chi connectivity index (χ2v) is 3.37. The molecule has 10 heavy (non-hydrogen) atoms. The van der Waals surface area contributed by atoms with E-state index in [1.54, 1.807) is 6.07 Å². The average Bonchev–Trinajstić information content (AvgIpc) is 1.94. The summed E-state index contributed by atoms with van der Waals surface area (Å²) in [5.41, 5.74) is 1.02. The first-order valence-electron chi connectivity index (χ1n) is 3.21. The van der Waals surface area contributed by atoms with Gasteiger partial charge in [-0.15, -0.1) is 0 Å². The van der Waals surface area contributed by atoms with Crippen molar-refractivity contribution in [1.29, 1.82) is 0 Å².